The van der Waals surface area contributed by atoms with Gasteiger partial charge in [-0.05, 0) is 53.9 Å². The molecule has 0 radical (unpaired) electrons. The topological polar surface area (TPSA) is 85.8 Å². The molecule has 5 aromatic rings. The summed E-state index contributed by atoms with van der Waals surface area (Å²) in [6, 6.07) is 26.7. The third-order valence-corrected chi connectivity index (χ3v) is 6.09. The maximum atomic E-state index is 12.7. The summed E-state index contributed by atoms with van der Waals surface area (Å²) in [4.78, 5) is 16.9. The van der Waals surface area contributed by atoms with Gasteiger partial charge in [-0.2, -0.15) is 0 Å². The minimum absolute atomic E-state index is 0.149. The van der Waals surface area contributed by atoms with E-state index in [0.29, 0.717) is 34.7 Å². The monoisotopic (exact) mass is 491 g/mol. The van der Waals surface area contributed by atoms with E-state index in [2.05, 4.69) is 32.3 Å². The molecule has 0 aliphatic carbocycles. The minimum atomic E-state index is -0.149. The number of amides is 1. The lowest BCUT2D eigenvalue weighted by molar-refractivity contribution is -0.113. The number of aromatic nitrogens is 4. The fourth-order valence-corrected chi connectivity index (χ4v) is 4.20. The maximum Gasteiger partial charge on any atom is 0.234 e. The van der Waals surface area contributed by atoms with Gasteiger partial charge < -0.3 is 9.73 Å². The molecule has 8 heteroatoms. The molecule has 7 nitrogen and oxygen atoms in total. The van der Waals surface area contributed by atoms with Crippen LogP contribution in [-0.4, -0.2) is 31.4 Å². The molecule has 5 rings (SSSR count). The number of furan rings is 1. The van der Waals surface area contributed by atoms with E-state index in [4.69, 9.17) is 4.42 Å². The number of benzene rings is 2. The van der Waals surface area contributed by atoms with Crippen molar-refractivity contribution in [2.24, 2.45) is 0 Å². The number of hydrogen-bond donors (Lipinski definition) is 1. The van der Waals surface area contributed by atoms with E-state index in [1.54, 1.807) is 12.5 Å². The first-order chi connectivity index (χ1) is 17.7. The maximum absolute atomic E-state index is 12.7. The van der Waals surface area contributed by atoms with Gasteiger partial charge in [0.05, 0.1) is 18.6 Å². The number of anilines is 1. The number of hydrogen-bond acceptors (Lipinski definition) is 6. The molecule has 0 aliphatic rings. The van der Waals surface area contributed by atoms with E-state index in [1.807, 2.05) is 89.5 Å². The second-order valence-electron chi connectivity index (χ2n) is 7.74. The van der Waals surface area contributed by atoms with Gasteiger partial charge in [0.2, 0.25) is 11.7 Å². The van der Waals surface area contributed by atoms with Crippen LogP contribution in [0.4, 0.5) is 5.69 Å². The van der Waals surface area contributed by atoms with Crippen LogP contribution >= 0.6 is 11.8 Å². The van der Waals surface area contributed by atoms with Crippen LogP contribution in [0.5, 0.6) is 0 Å². The number of carbonyl (C=O) groups is 1. The molecule has 176 valence electrons. The van der Waals surface area contributed by atoms with Crippen LogP contribution < -0.4 is 5.32 Å². The Bertz CT molecular complexity index is 1500. The van der Waals surface area contributed by atoms with Crippen molar-refractivity contribution in [2.45, 2.75) is 11.7 Å². The van der Waals surface area contributed by atoms with Crippen molar-refractivity contribution in [1.82, 2.24) is 19.7 Å². The lowest BCUT2D eigenvalue weighted by Gasteiger charge is -2.10. The van der Waals surface area contributed by atoms with Crippen LogP contribution in [-0.2, 0) is 11.3 Å². The lowest BCUT2D eigenvalue weighted by Crippen LogP contribution is -2.15. The molecular weight excluding hydrogens is 470 g/mol. The van der Waals surface area contributed by atoms with E-state index < -0.39 is 0 Å². The first-order valence-corrected chi connectivity index (χ1v) is 12.2. The predicted molar refractivity (Wildman–Crippen MR) is 139 cm³/mol. The van der Waals surface area contributed by atoms with Crippen molar-refractivity contribution >= 4 is 23.4 Å². The smallest absolute Gasteiger partial charge is 0.234 e. The molecule has 1 amide bonds. The minimum Gasteiger partial charge on any atom is -0.461 e. The largest absolute Gasteiger partial charge is 0.461 e. The predicted octanol–water partition coefficient (Wildman–Crippen LogP) is 5.11. The summed E-state index contributed by atoms with van der Waals surface area (Å²) in [7, 11) is 0. The summed E-state index contributed by atoms with van der Waals surface area (Å²) in [5.74, 6) is 7.37. The van der Waals surface area contributed by atoms with Crippen molar-refractivity contribution in [2.75, 3.05) is 11.1 Å². The van der Waals surface area contributed by atoms with Gasteiger partial charge >= 0.3 is 0 Å². The summed E-state index contributed by atoms with van der Waals surface area (Å²) in [5, 5.41) is 12.2. The van der Waals surface area contributed by atoms with Crippen LogP contribution in [0.2, 0.25) is 0 Å². The van der Waals surface area contributed by atoms with Crippen LogP contribution in [0.1, 0.15) is 16.8 Å². The summed E-state index contributed by atoms with van der Waals surface area (Å²) >= 11 is 1.32. The zero-order chi connectivity index (χ0) is 24.6. The molecule has 3 heterocycles. The first kappa shape index (κ1) is 23.1. The Labute approximate surface area is 212 Å². The number of nitrogens with zero attached hydrogens (tertiary/aromatic N) is 4. The Morgan fingerprint density at radius 3 is 2.64 bits per heavy atom. The number of thioether (sulfide) groups is 1. The van der Waals surface area contributed by atoms with E-state index in [1.165, 1.54) is 11.8 Å². The highest BCUT2D eigenvalue weighted by atomic mass is 32.2. The van der Waals surface area contributed by atoms with E-state index in [0.717, 1.165) is 11.1 Å². The third-order valence-electron chi connectivity index (χ3n) is 5.12. The fraction of sp³-hybridized carbons (Fsp3) is 0.0714. The number of pyridine rings is 1. The van der Waals surface area contributed by atoms with Crippen molar-refractivity contribution in [3.05, 3.63) is 114 Å². The van der Waals surface area contributed by atoms with Crippen molar-refractivity contribution in [1.29, 1.82) is 0 Å². The van der Waals surface area contributed by atoms with Crippen LogP contribution in [0.3, 0.4) is 0 Å². The van der Waals surface area contributed by atoms with E-state index in [-0.39, 0.29) is 11.7 Å². The van der Waals surface area contributed by atoms with Crippen molar-refractivity contribution < 1.29 is 9.21 Å². The molecule has 1 N–H and O–H groups in total. The molecule has 36 heavy (non-hydrogen) atoms. The van der Waals surface area contributed by atoms with Gasteiger partial charge in [-0.1, -0.05) is 60.1 Å². The molecular formula is C28H21N5O2S. The Balaban J connectivity index is 1.27. The van der Waals surface area contributed by atoms with Crippen LogP contribution in [0.25, 0.3) is 11.6 Å². The van der Waals surface area contributed by atoms with Gasteiger partial charge in [0.1, 0.15) is 5.69 Å². The molecule has 0 fully saturated rings. The van der Waals surface area contributed by atoms with E-state index >= 15 is 0 Å². The SMILES string of the molecule is O=C(CSc1nnc(-c2ccco2)n1Cc1ccccc1)Nc1cccc(C#Cc2ccccn2)c1. The average molecular weight is 492 g/mol. The zero-order valence-corrected chi connectivity index (χ0v) is 20.0. The average Bonchev–Trinajstić information content (AvgIpc) is 3.58. The highest BCUT2D eigenvalue weighted by Crippen LogP contribution is 2.25. The van der Waals surface area contributed by atoms with Gasteiger partial charge in [-0.25, -0.2) is 4.98 Å². The molecule has 0 aliphatic heterocycles. The molecule has 0 spiro atoms. The van der Waals surface area contributed by atoms with Crippen LogP contribution in [0.15, 0.2) is 107 Å². The molecule has 0 saturated heterocycles. The third kappa shape index (κ3) is 5.90. The molecule has 2 aromatic carbocycles. The number of nitrogens with one attached hydrogen (secondary N) is 1. The number of carbonyl (C=O) groups excluding carboxylic acids is 1. The van der Waals surface area contributed by atoms with E-state index in [9.17, 15) is 4.79 Å². The fourth-order valence-electron chi connectivity index (χ4n) is 3.47. The van der Waals surface area contributed by atoms with Crippen molar-refractivity contribution in [3.63, 3.8) is 0 Å². The molecule has 0 saturated carbocycles. The Morgan fingerprint density at radius 2 is 1.83 bits per heavy atom. The van der Waals surface area contributed by atoms with Gasteiger partial charge in [-0.3, -0.25) is 9.36 Å². The standard InChI is InChI=1S/C28H21N5O2S/c34-26(30-24-12-6-10-21(18-24)14-15-23-11-4-5-16-29-23)20-36-28-32-31-27(25-13-7-17-35-25)33(28)19-22-8-2-1-3-9-22/h1-13,16-18H,19-20H2,(H,30,34). The van der Waals surface area contributed by atoms with Crippen LogP contribution in [0, 0.1) is 11.8 Å². The zero-order valence-electron chi connectivity index (χ0n) is 19.2. The summed E-state index contributed by atoms with van der Waals surface area (Å²) in [5.41, 5.74) is 3.25. The molecule has 0 unspecified atom stereocenters. The molecule has 0 atom stereocenters. The Hall–Kier alpha value is -4.61. The highest BCUT2D eigenvalue weighted by Gasteiger charge is 2.18. The second kappa shape index (κ2) is 11.2. The normalized spacial score (nSPS) is 10.4. The van der Waals surface area contributed by atoms with Gasteiger partial charge in [0.25, 0.3) is 0 Å². The Morgan fingerprint density at radius 1 is 0.944 bits per heavy atom. The van der Waals surface area contributed by atoms with Crippen molar-refractivity contribution in [3.8, 4) is 23.4 Å². The first-order valence-electron chi connectivity index (χ1n) is 11.2. The van der Waals surface area contributed by atoms with Gasteiger partial charge in [0, 0.05) is 17.4 Å². The quantitative estimate of drug-likeness (QED) is 0.251. The highest BCUT2D eigenvalue weighted by molar-refractivity contribution is 7.99. The lowest BCUT2D eigenvalue weighted by atomic mass is 10.2. The van der Waals surface area contributed by atoms with Gasteiger partial charge in [-0.15, -0.1) is 10.2 Å². The Kier molecular flexibility index (Phi) is 7.21. The van der Waals surface area contributed by atoms with Gasteiger partial charge in [0.15, 0.2) is 10.9 Å². The molecule has 3 aromatic heterocycles. The number of rotatable bonds is 7. The summed E-state index contributed by atoms with van der Waals surface area (Å²) in [6.45, 7) is 0.560. The summed E-state index contributed by atoms with van der Waals surface area (Å²) in [6.07, 6.45) is 3.31. The summed E-state index contributed by atoms with van der Waals surface area (Å²) < 4.78 is 7.51. The molecule has 0 bridgehead atoms. The second-order valence-corrected chi connectivity index (χ2v) is 8.68.